The van der Waals surface area contributed by atoms with E-state index in [1.165, 1.54) is 6.92 Å². The first kappa shape index (κ1) is 29.8. The van der Waals surface area contributed by atoms with Gasteiger partial charge in [-0.25, -0.2) is 4.79 Å². The van der Waals surface area contributed by atoms with E-state index in [1.54, 1.807) is 6.92 Å². The molecule has 6 N–H and O–H groups in total. The Bertz CT molecular complexity index is 694. The zero-order valence-electron chi connectivity index (χ0n) is 20.9. The molecule has 0 bridgehead atoms. The van der Waals surface area contributed by atoms with Gasteiger partial charge in [-0.3, -0.25) is 4.79 Å². The minimum atomic E-state index is -1.72. The molecule has 0 aromatic rings. The molecule has 0 spiro atoms. The van der Waals surface area contributed by atoms with Gasteiger partial charge in [0.15, 0.2) is 12.4 Å². The van der Waals surface area contributed by atoms with Gasteiger partial charge in [-0.1, -0.05) is 33.6 Å². The third kappa shape index (κ3) is 7.10. The van der Waals surface area contributed by atoms with E-state index in [4.69, 9.17) is 18.9 Å². The van der Waals surface area contributed by atoms with Gasteiger partial charge >= 0.3 is 5.97 Å². The van der Waals surface area contributed by atoms with Crippen LogP contribution >= 0.6 is 0 Å². The highest BCUT2D eigenvalue weighted by molar-refractivity contribution is 5.74. The summed E-state index contributed by atoms with van der Waals surface area (Å²) in [5, 5.41) is 54.5. The number of ether oxygens (including phenoxy) is 4. The van der Waals surface area contributed by atoms with E-state index in [1.807, 2.05) is 20.8 Å². The van der Waals surface area contributed by atoms with Crippen molar-refractivity contribution in [2.24, 2.45) is 5.92 Å². The quantitative estimate of drug-likeness (QED) is 0.205. The van der Waals surface area contributed by atoms with Crippen LogP contribution in [-0.2, 0) is 28.5 Å². The Hall–Kier alpha value is -1.38. The Morgan fingerprint density at radius 2 is 1.69 bits per heavy atom. The number of aliphatic hydroxyl groups excluding tert-OH is 4. The molecular formula is C23H41NO11. The zero-order valence-corrected chi connectivity index (χ0v) is 20.9. The molecule has 12 atom stereocenters. The van der Waals surface area contributed by atoms with E-state index >= 15 is 0 Å². The largest absolute Gasteiger partial charge is 0.479 e. The molecule has 2 aliphatic heterocycles. The number of hydrogen-bond acceptors (Lipinski definition) is 10. The predicted molar refractivity (Wildman–Crippen MR) is 121 cm³/mol. The molecule has 2 heterocycles. The van der Waals surface area contributed by atoms with Crippen LogP contribution in [0.5, 0.6) is 0 Å². The molecule has 0 aromatic heterocycles. The van der Waals surface area contributed by atoms with Crippen molar-refractivity contribution >= 4 is 11.9 Å². The summed E-state index contributed by atoms with van der Waals surface area (Å²) in [4.78, 5) is 23.9. The smallest absolute Gasteiger partial charge is 0.335 e. The van der Waals surface area contributed by atoms with E-state index in [0.29, 0.717) is 12.8 Å². The monoisotopic (exact) mass is 507 g/mol. The molecule has 0 aliphatic carbocycles. The molecule has 0 saturated carbocycles. The highest BCUT2D eigenvalue weighted by atomic mass is 16.7. The average Bonchev–Trinajstić information content (AvgIpc) is 2.79. The van der Waals surface area contributed by atoms with Crippen LogP contribution in [0.1, 0.15) is 53.9 Å². The van der Waals surface area contributed by atoms with E-state index in [9.17, 15) is 35.1 Å². The van der Waals surface area contributed by atoms with Crippen molar-refractivity contribution in [3.63, 3.8) is 0 Å². The van der Waals surface area contributed by atoms with Gasteiger partial charge in [0.25, 0.3) is 0 Å². The summed E-state index contributed by atoms with van der Waals surface area (Å²) in [6.45, 7) is 8.18. The van der Waals surface area contributed by atoms with E-state index in [2.05, 4.69) is 5.32 Å². The number of nitrogens with one attached hydrogen (secondary N) is 1. The molecule has 2 fully saturated rings. The average molecular weight is 508 g/mol. The molecule has 2 saturated heterocycles. The summed E-state index contributed by atoms with van der Waals surface area (Å²) in [6.07, 6.45) is -10.8. The standard InChI is InChI=1S/C23H41NO11/c1-6-8-11(4)32-20-16(28)17(29)23(35-21(20)22(30)31)34-19-14(24-12(5)26)18(10(3)7-2)33-13(9-25)15(19)27/h10-11,13-21,23,25,27-29H,6-9H2,1-5H3,(H,24,26)(H,30,31)/t10?,11-,13?,14-,15-,16?,17+,18?,19?,20+,21?,23-/m1/s1. The van der Waals surface area contributed by atoms with Gasteiger partial charge in [0.05, 0.1) is 24.9 Å². The maximum absolute atomic E-state index is 12.0. The SMILES string of the molecule is CCC[C@@H](C)O[C@@H]1C(C(=O)O)O[C@@H](OC2[C@H](O)C(CO)OC(C(C)CC)[C@H]2NC(C)=O)[C@@H](O)C1O. The molecule has 2 rings (SSSR count). The number of rotatable bonds is 11. The van der Waals surface area contributed by atoms with Crippen LogP contribution in [0, 0.1) is 5.92 Å². The highest BCUT2D eigenvalue weighted by Crippen LogP contribution is 2.33. The van der Waals surface area contributed by atoms with E-state index in [-0.39, 0.29) is 5.92 Å². The van der Waals surface area contributed by atoms with Crippen LogP contribution < -0.4 is 5.32 Å². The van der Waals surface area contributed by atoms with Gasteiger partial charge in [-0.2, -0.15) is 0 Å². The van der Waals surface area contributed by atoms with Crippen LogP contribution in [0.4, 0.5) is 0 Å². The van der Waals surface area contributed by atoms with Crippen molar-refractivity contribution in [1.82, 2.24) is 5.32 Å². The number of carboxylic acids is 1. The molecule has 204 valence electrons. The number of aliphatic carboxylic acids is 1. The van der Waals surface area contributed by atoms with Crippen molar-refractivity contribution in [2.45, 2.75) is 121 Å². The molecule has 35 heavy (non-hydrogen) atoms. The second kappa shape index (κ2) is 13.2. The predicted octanol–water partition coefficient (Wildman–Crippen LogP) is -0.852. The van der Waals surface area contributed by atoms with Crippen molar-refractivity contribution < 1.29 is 54.1 Å². The van der Waals surface area contributed by atoms with Crippen LogP contribution in [0.2, 0.25) is 0 Å². The third-order valence-electron chi connectivity index (χ3n) is 6.68. The fourth-order valence-corrected chi connectivity index (χ4v) is 4.61. The lowest BCUT2D eigenvalue weighted by atomic mass is 9.85. The number of aliphatic hydroxyl groups is 4. The first-order valence-corrected chi connectivity index (χ1v) is 12.2. The summed E-state index contributed by atoms with van der Waals surface area (Å²) >= 11 is 0. The van der Waals surface area contributed by atoms with E-state index in [0.717, 1.165) is 6.42 Å². The summed E-state index contributed by atoms with van der Waals surface area (Å²) in [6, 6.07) is -0.907. The third-order valence-corrected chi connectivity index (χ3v) is 6.68. The molecule has 0 radical (unpaired) electrons. The van der Waals surface area contributed by atoms with E-state index < -0.39 is 85.8 Å². The topological polar surface area (TPSA) is 184 Å². The second-order valence-electron chi connectivity index (χ2n) is 9.47. The van der Waals surface area contributed by atoms with Crippen LogP contribution in [-0.4, -0.2) is 111 Å². The highest BCUT2D eigenvalue weighted by Gasteiger charge is 2.53. The molecule has 12 heteroatoms. The summed E-state index contributed by atoms with van der Waals surface area (Å²) in [5.41, 5.74) is 0. The Morgan fingerprint density at radius 1 is 1.03 bits per heavy atom. The Kier molecular flexibility index (Phi) is 11.3. The second-order valence-corrected chi connectivity index (χ2v) is 9.47. The summed E-state index contributed by atoms with van der Waals surface area (Å²) in [7, 11) is 0. The first-order valence-electron chi connectivity index (χ1n) is 12.2. The number of carboxylic acid groups (broad SMARTS) is 1. The number of amides is 1. The molecule has 6 unspecified atom stereocenters. The van der Waals surface area contributed by atoms with Crippen molar-refractivity contribution in [2.75, 3.05) is 6.61 Å². The molecule has 0 aromatic carbocycles. The number of carbonyl (C=O) groups is 2. The minimum Gasteiger partial charge on any atom is -0.479 e. The lowest BCUT2D eigenvalue weighted by molar-refractivity contribution is -0.333. The van der Waals surface area contributed by atoms with Crippen molar-refractivity contribution in [1.29, 1.82) is 0 Å². The Labute approximate surface area is 205 Å². The summed E-state index contributed by atoms with van der Waals surface area (Å²) in [5.74, 6) is -1.97. The Morgan fingerprint density at radius 3 is 2.20 bits per heavy atom. The van der Waals surface area contributed by atoms with Gasteiger partial charge in [0.2, 0.25) is 5.91 Å². The van der Waals surface area contributed by atoms with Crippen LogP contribution in [0.3, 0.4) is 0 Å². The molecule has 1 amide bonds. The maximum atomic E-state index is 12.0. The number of hydrogen-bond donors (Lipinski definition) is 6. The first-order chi connectivity index (χ1) is 16.5. The van der Waals surface area contributed by atoms with Crippen LogP contribution in [0.15, 0.2) is 0 Å². The van der Waals surface area contributed by atoms with Gasteiger partial charge in [0.1, 0.15) is 36.6 Å². The van der Waals surface area contributed by atoms with Gasteiger partial charge in [-0.15, -0.1) is 0 Å². The summed E-state index contributed by atoms with van der Waals surface area (Å²) < 4.78 is 23.0. The molecular weight excluding hydrogens is 466 g/mol. The molecule has 12 nitrogen and oxygen atoms in total. The van der Waals surface area contributed by atoms with Crippen molar-refractivity contribution in [3.05, 3.63) is 0 Å². The fraction of sp³-hybridized carbons (Fsp3) is 0.913. The normalized spacial score (nSPS) is 39.6. The van der Waals surface area contributed by atoms with Crippen LogP contribution in [0.25, 0.3) is 0 Å². The maximum Gasteiger partial charge on any atom is 0.335 e. The number of carbonyl (C=O) groups excluding carboxylic acids is 1. The Balaban J connectivity index is 2.33. The lowest BCUT2D eigenvalue weighted by Gasteiger charge is -2.49. The van der Waals surface area contributed by atoms with Gasteiger partial charge in [-0.05, 0) is 19.3 Å². The minimum absolute atomic E-state index is 0.119. The van der Waals surface area contributed by atoms with Gasteiger partial charge in [0, 0.05) is 6.92 Å². The zero-order chi connectivity index (χ0) is 26.4. The van der Waals surface area contributed by atoms with Crippen molar-refractivity contribution in [3.8, 4) is 0 Å². The molecule has 2 aliphatic rings. The van der Waals surface area contributed by atoms with Gasteiger partial charge < -0.3 is 49.8 Å². The fourth-order valence-electron chi connectivity index (χ4n) is 4.61. The lowest BCUT2D eigenvalue weighted by Crippen LogP contribution is -2.69.